The van der Waals surface area contributed by atoms with Gasteiger partial charge in [-0.15, -0.1) is 0 Å². The first-order valence-electron chi connectivity index (χ1n) is 13.5. The van der Waals surface area contributed by atoms with Gasteiger partial charge in [0.2, 0.25) is 6.29 Å². The number of esters is 1. The van der Waals surface area contributed by atoms with E-state index < -0.39 is 28.5 Å². The van der Waals surface area contributed by atoms with Gasteiger partial charge in [-0.25, -0.2) is 0 Å². The Morgan fingerprint density at radius 3 is 2.24 bits per heavy atom. The van der Waals surface area contributed by atoms with Crippen molar-refractivity contribution in [3.05, 3.63) is 12.2 Å². The van der Waals surface area contributed by atoms with Gasteiger partial charge in [-0.2, -0.15) is 0 Å². The second-order valence-electron chi connectivity index (χ2n) is 14.0. The molecule has 0 aromatic carbocycles. The number of fused-ring (bicyclic) bond motifs is 7. The fourth-order valence-electron chi connectivity index (χ4n) is 10.8. The Hall–Kier alpha value is -1.36. The van der Waals surface area contributed by atoms with Crippen molar-refractivity contribution in [1.29, 1.82) is 0 Å². The van der Waals surface area contributed by atoms with Crippen molar-refractivity contribution >= 4 is 11.9 Å². The highest BCUT2D eigenvalue weighted by Gasteiger charge is 2.74. The fraction of sp³-hybridized carbons (Fsp3) is 0.862. The average Bonchev–Trinajstić information content (AvgIpc) is 3.14. The largest absolute Gasteiger partial charge is 0.481 e. The minimum Gasteiger partial charge on any atom is -0.481 e. The van der Waals surface area contributed by atoms with E-state index in [4.69, 9.17) is 4.74 Å². The Kier molecular flexibility index (Phi) is 5.09. The summed E-state index contributed by atoms with van der Waals surface area (Å²) < 4.78 is 5.63. The van der Waals surface area contributed by atoms with Crippen molar-refractivity contribution in [2.45, 2.75) is 99.2 Å². The van der Waals surface area contributed by atoms with Crippen LogP contribution in [0.2, 0.25) is 0 Å². The molecule has 0 unspecified atom stereocenters. The van der Waals surface area contributed by atoms with Crippen LogP contribution in [0.25, 0.3) is 0 Å². The minimum atomic E-state index is -1.08. The number of allylic oxidation sites excluding steroid dienone is 1. The molecule has 5 fully saturated rings. The molecule has 5 rings (SSSR count). The molecular formula is C29H44O5. The Morgan fingerprint density at radius 2 is 1.62 bits per heavy atom. The summed E-state index contributed by atoms with van der Waals surface area (Å²) in [6.07, 6.45) is 6.09. The number of aliphatic carboxylic acids is 1. The molecule has 0 spiro atoms. The van der Waals surface area contributed by atoms with Crippen LogP contribution >= 0.6 is 0 Å². The van der Waals surface area contributed by atoms with Crippen molar-refractivity contribution in [2.75, 3.05) is 0 Å². The molecule has 5 aliphatic rings. The van der Waals surface area contributed by atoms with E-state index in [-0.39, 0.29) is 40.5 Å². The van der Waals surface area contributed by atoms with Crippen LogP contribution in [0.15, 0.2) is 12.2 Å². The van der Waals surface area contributed by atoms with Crippen molar-refractivity contribution < 1.29 is 24.5 Å². The predicted molar refractivity (Wildman–Crippen MR) is 129 cm³/mol. The second-order valence-corrected chi connectivity index (χ2v) is 14.0. The van der Waals surface area contributed by atoms with Crippen LogP contribution in [0, 0.1) is 56.7 Å². The lowest BCUT2D eigenvalue weighted by Crippen LogP contribution is -2.70. The summed E-state index contributed by atoms with van der Waals surface area (Å²) in [5, 5.41) is 21.7. The number of rotatable bonds is 2. The molecule has 0 aromatic rings. The van der Waals surface area contributed by atoms with Crippen LogP contribution < -0.4 is 0 Å². The van der Waals surface area contributed by atoms with Crippen LogP contribution in [0.1, 0.15) is 92.9 Å². The average molecular weight is 473 g/mol. The molecule has 0 radical (unpaired) electrons. The molecule has 1 heterocycles. The van der Waals surface area contributed by atoms with Gasteiger partial charge in [0.05, 0.1) is 10.8 Å². The molecule has 0 amide bonds. The van der Waals surface area contributed by atoms with Gasteiger partial charge in [0, 0.05) is 5.41 Å². The van der Waals surface area contributed by atoms with E-state index in [1.807, 2.05) is 13.8 Å². The highest BCUT2D eigenvalue weighted by molar-refractivity contribution is 5.78. The van der Waals surface area contributed by atoms with E-state index in [0.717, 1.165) is 56.9 Å². The minimum absolute atomic E-state index is 0.0170. The van der Waals surface area contributed by atoms with Crippen molar-refractivity contribution in [3.8, 4) is 0 Å². The molecule has 4 saturated carbocycles. The zero-order chi connectivity index (χ0) is 25.1. The number of carbonyl (C=O) groups excluding carboxylic acids is 1. The molecule has 4 aliphatic carbocycles. The van der Waals surface area contributed by atoms with Crippen LogP contribution in [-0.2, 0) is 14.3 Å². The Balaban J connectivity index is 1.59. The monoisotopic (exact) mass is 472 g/mol. The second kappa shape index (κ2) is 7.11. The van der Waals surface area contributed by atoms with Crippen LogP contribution in [-0.4, -0.2) is 28.4 Å². The highest BCUT2D eigenvalue weighted by Crippen LogP contribution is 2.77. The van der Waals surface area contributed by atoms with Gasteiger partial charge in [0.1, 0.15) is 0 Å². The summed E-state index contributed by atoms with van der Waals surface area (Å²) in [6, 6.07) is 0. The Bertz CT molecular complexity index is 939. The molecular weight excluding hydrogens is 428 g/mol. The van der Waals surface area contributed by atoms with E-state index >= 15 is 0 Å². The third-order valence-electron chi connectivity index (χ3n) is 12.8. The number of carbonyl (C=O) groups is 2. The molecule has 34 heavy (non-hydrogen) atoms. The van der Waals surface area contributed by atoms with Gasteiger partial charge in [0.15, 0.2) is 0 Å². The van der Waals surface area contributed by atoms with Gasteiger partial charge >= 0.3 is 11.9 Å². The lowest BCUT2D eigenvalue weighted by molar-refractivity contribution is -0.307. The maximum absolute atomic E-state index is 12.7. The van der Waals surface area contributed by atoms with Gasteiger partial charge < -0.3 is 14.9 Å². The molecule has 10 atom stereocenters. The number of aliphatic hydroxyl groups excluding tert-OH is 1. The van der Waals surface area contributed by atoms with Crippen LogP contribution in [0.4, 0.5) is 0 Å². The SMILES string of the molecule is C=C(C)[C@@H]1CC[C@]2(C(=O)O)CC[C@]3(C)[C@H](CC[C@@H]4[C@@]5(C)[C@@H](O)OC(=O)C(C)(C)[C@@H]5CC[C@]43C)[C@@H]12. The molecule has 1 saturated heterocycles. The molecule has 2 N–H and O–H groups in total. The topological polar surface area (TPSA) is 83.8 Å². The molecule has 1 aliphatic heterocycles. The lowest BCUT2D eigenvalue weighted by atomic mass is 9.33. The summed E-state index contributed by atoms with van der Waals surface area (Å²) in [5.74, 6) is 0.144. The third kappa shape index (κ3) is 2.61. The summed E-state index contributed by atoms with van der Waals surface area (Å²) in [5.41, 5.74) is -0.666. The Labute approximate surface area is 204 Å². The van der Waals surface area contributed by atoms with E-state index in [9.17, 15) is 19.8 Å². The normalized spacial score (nSPS) is 53.6. The van der Waals surface area contributed by atoms with Crippen molar-refractivity contribution in [3.63, 3.8) is 0 Å². The molecule has 190 valence electrons. The molecule has 5 nitrogen and oxygen atoms in total. The van der Waals surface area contributed by atoms with Gasteiger partial charge in [-0.3, -0.25) is 9.59 Å². The summed E-state index contributed by atoms with van der Waals surface area (Å²) in [7, 11) is 0. The van der Waals surface area contributed by atoms with Gasteiger partial charge in [-0.05, 0) is 113 Å². The summed E-state index contributed by atoms with van der Waals surface area (Å²) in [6.45, 7) is 17.4. The smallest absolute Gasteiger partial charge is 0.314 e. The number of carboxylic acid groups (broad SMARTS) is 1. The summed E-state index contributed by atoms with van der Waals surface area (Å²) in [4.78, 5) is 25.5. The zero-order valence-electron chi connectivity index (χ0n) is 21.9. The van der Waals surface area contributed by atoms with Crippen molar-refractivity contribution in [1.82, 2.24) is 0 Å². The maximum Gasteiger partial charge on any atom is 0.314 e. The molecule has 0 aromatic heterocycles. The number of ether oxygens (including phenoxy) is 1. The van der Waals surface area contributed by atoms with E-state index in [2.05, 4.69) is 34.3 Å². The number of hydrogen-bond acceptors (Lipinski definition) is 4. The quantitative estimate of drug-likeness (QED) is 0.391. The number of cyclic esters (lactones) is 1. The number of aliphatic hydroxyl groups is 1. The maximum atomic E-state index is 12.7. The predicted octanol–water partition coefficient (Wildman–Crippen LogP) is 5.81. The lowest BCUT2D eigenvalue weighted by Gasteiger charge is -2.72. The fourth-order valence-corrected chi connectivity index (χ4v) is 10.8. The number of carboxylic acids is 1. The zero-order valence-corrected chi connectivity index (χ0v) is 21.9. The summed E-state index contributed by atoms with van der Waals surface area (Å²) >= 11 is 0. The van der Waals surface area contributed by atoms with Crippen molar-refractivity contribution in [2.24, 2.45) is 56.7 Å². The van der Waals surface area contributed by atoms with Gasteiger partial charge in [-0.1, -0.05) is 32.9 Å². The molecule has 0 bridgehead atoms. The first-order chi connectivity index (χ1) is 15.7. The third-order valence-corrected chi connectivity index (χ3v) is 12.8. The Morgan fingerprint density at radius 1 is 0.941 bits per heavy atom. The number of hydrogen-bond donors (Lipinski definition) is 2. The van der Waals surface area contributed by atoms with Gasteiger partial charge in [0.25, 0.3) is 0 Å². The van der Waals surface area contributed by atoms with E-state index in [0.29, 0.717) is 5.92 Å². The van der Waals surface area contributed by atoms with Crippen LogP contribution in [0.3, 0.4) is 0 Å². The van der Waals surface area contributed by atoms with E-state index in [1.165, 1.54) is 0 Å². The first-order valence-corrected chi connectivity index (χ1v) is 13.5. The standard InChI is InChI=1S/C29H44O5/c1-16(2)17-10-13-29(22(30)31)15-14-26(5)18(21(17)29)8-9-20-27(26,6)12-11-19-25(3,4)23(32)34-24(33)28(19,20)7/h17-21,24,33H,1,8-15H2,2-7H3,(H,30,31)/t17-,18+,19-,20-,21+,24-,26+,27+,28-,29-/m0/s1. The van der Waals surface area contributed by atoms with Crippen LogP contribution in [0.5, 0.6) is 0 Å². The first kappa shape index (κ1) is 24.3. The van der Waals surface area contributed by atoms with E-state index in [1.54, 1.807) is 0 Å². The molecule has 5 heteroatoms. The highest BCUT2D eigenvalue weighted by atomic mass is 16.6.